The Kier molecular flexibility index (Phi) is 5.05. The smallest absolute Gasteiger partial charge is 0.315 e. The molecule has 0 radical (unpaired) electrons. The lowest BCUT2D eigenvalue weighted by molar-refractivity contribution is -0.219. The second kappa shape index (κ2) is 6.08. The highest BCUT2D eigenvalue weighted by Crippen LogP contribution is 2.32. The molecule has 0 amide bonds. The van der Waals surface area contributed by atoms with Crippen molar-refractivity contribution in [2.24, 2.45) is 0 Å². The van der Waals surface area contributed by atoms with Crippen LogP contribution < -0.4 is 9.47 Å². The van der Waals surface area contributed by atoms with Gasteiger partial charge in [-0.15, -0.1) is 0 Å². The number of hydrogen-bond acceptors (Lipinski definition) is 4. The molecule has 90 valence electrons. The SMILES string of the molecule is COc1cc(OC(OC)OC)cc(Br)c1C. The lowest BCUT2D eigenvalue weighted by Gasteiger charge is -2.16. The second-order valence-electron chi connectivity index (χ2n) is 3.11. The summed E-state index contributed by atoms with van der Waals surface area (Å²) in [4.78, 5) is 0. The van der Waals surface area contributed by atoms with Crippen LogP contribution in [0.5, 0.6) is 11.5 Å². The molecule has 0 fully saturated rings. The van der Waals surface area contributed by atoms with Crippen LogP contribution in [-0.2, 0) is 9.47 Å². The molecule has 0 bridgehead atoms. The van der Waals surface area contributed by atoms with Crippen LogP contribution in [0.2, 0.25) is 0 Å². The summed E-state index contributed by atoms with van der Waals surface area (Å²) in [5, 5.41) is 0. The lowest BCUT2D eigenvalue weighted by atomic mass is 10.2. The van der Waals surface area contributed by atoms with E-state index in [1.807, 2.05) is 13.0 Å². The molecule has 0 aromatic heterocycles. The first-order valence-electron chi connectivity index (χ1n) is 4.68. The van der Waals surface area contributed by atoms with Crippen LogP contribution in [0.3, 0.4) is 0 Å². The summed E-state index contributed by atoms with van der Waals surface area (Å²) in [6.07, 6.45) is 0. The predicted octanol–water partition coefficient (Wildman–Crippen LogP) is 2.72. The Hall–Kier alpha value is -0.780. The lowest BCUT2D eigenvalue weighted by Crippen LogP contribution is -2.20. The van der Waals surface area contributed by atoms with Gasteiger partial charge >= 0.3 is 6.48 Å². The van der Waals surface area contributed by atoms with E-state index in [1.165, 1.54) is 14.2 Å². The summed E-state index contributed by atoms with van der Waals surface area (Å²) in [5.41, 5.74) is 1.02. The van der Waals surface area contributed by atoms with E-state index in [1.54, 1.807) is 13.2 Å². The minimum atomic E-state index is -0.723. The van der Waals surface area contributed by atoms with Crippen LogP contribution in [-0.4, -0.2) is 27.8 Å². The molecule has 0 aliphatic rings. The molecule has 0 atom stereocenters. The van der Waals surface area contributed by atoms with E-state index in [9.17, 15) is 0 Å². The Balaban J connectivity index is 2.93. The molecule has 0 spiro atoms. The number of hydrogen-bond donors (Lipinski definition) is 0. The van der Waals surface area contributed by atoms with Gasteiger partial charge in [-0.05, 0) is 13.0 Å². The quantitative estimate of drug-likeness (QED) is 0.782. The molecular formula is C11H15BrO4. The van der Waals surface area contributed by atoms with Gasteiger partial charge in [0.25, 0.3) is 0 Å². The van der Waals surface area contributed by atoms with Gasteiger partial charge in [-0.3, -0.25) is 0 Å². The summed E-state index contributed by atoms with van der Waals surface area (Å²) < 4.78 is 21.5. The van der Waals surface area contributed by atoms with Gasteiger partial charge in [0.1, 0.15) is 11.5 Å². The predicted molar refractivity (Wildman–Crippen MR) is 63.9 cm³/mol. The summed E-state index contributed by atoms with van der Waals surface area (Å²) in [6, 6.07) is 3.62. The maximum Gasteiger partial charge on any atom is 0.315 e. The fourth-order valence-electron chi connectivity index (χ4n) is 1.21. The van der Waals surface area contributed by atoms with Crippen molar-refractivity contribution in [2.75, 3.05) is 21.3 Å². The Morgan fingerprint density at radius 1 is 1.12 bits per heavy atom. The molecule has 1 aromatic rings. The average molecular weight is 291 g/mol. The van der Waals surface area contributed by atoms with Crippen LogP contribution in [0.15, 0.2) is 16.6 Å². The Bertz CT molecular complexity index is 350. The molecule has 0 saturated heterocycles. The molecule has 0 aliphatic carbocycles. The van der Waals surface area contributed by atoms with Gasteiger partial charge in [-0.2, -0.15) is 0 Å². The van der Waals surface area contributed by atoms with Crippen molar-refractivity contribution < 1.29 is 18.9 Å². The number of benzene rings is 1. The van der Waals surface area contributed by atoms with Crippen molar-refractivity contribution in [1.82, 2.24) is 0 Å². The molecule has 0 aliphatic heterocycles. The first-order chi connectivity index (χ1) is 7.62. The molecule has 1 rings (SSSR count). The summed E-state index contributed by atoms with van der Waals surface area (Å²) >= 11 is 3.43. The largest absolute Gasteiger partial charge is 0.496 e. The highest BCUT2D eigenvalue weighted by atomic mass is 79.9. The van der Waals surface area contributed by atoms with Crippen molar-refractivity contribution in [1.29, 1.82) is 0 Å². The third-order valence-corrected chi connectivity index (χ3v) is 2.93. The van der Waals surface area contributed by atoms with E-state index in [0.29, 0.717) is 5.75 Å². The van der Waals surface area contributed by atoms with Gasteiger partial charge in [0.2, 0.25) is 0 Å². The molecule has 0 saturated carbocycles. The molecule has 0 unspecified atom stereocenters. The van der Waals surface area contributed by atoms with Crippen molar-refractivity contribution in [2.45, 2.75) is 13.4 Å². The highest BCUT2D eigenvalue weighted by molar-refractivity contribution is 9.10. The monoisotopic (exact) mass is 290 g/mol. The van der Waals surface area contributed by atoms with Crippen LogP contribution >= 0.6 is 15.9 Å². The molecule has 0 N–H and O–H groups in total. The molecule has 5 heteroatoms. The summed E-state index contributed by atoms with van der Waals surface area (Å²) in [6.45, 7) is 1.23. The zero-order valence-electron chi connectivity index (χ0n) is 9.74. The fourth-order valence-corrected chi connectivity index (χ4v) is 1.63. The van der Waals surface area contributed by atoms with Gasteiger partial charge in [0, 0.05) is 30.3 Å². The van der Waals surface area contributed by atoms with E-state index in [4.69, 9.17) is 18.9 Å². The van der Waals surface area contributed by atoms with E-state index < -0.39 is 6.48 Å². The Labute approximate surface area is 104 Å². The number of rotatable bonds is 5. The third kappa shape index (κ3) is 3.10. The third-order valence-electron chi connectivity index (χ3n) is 2.11. The fraction of sp³-hybridized carbons (Fsp3) is 0.455. The summed E-state index contributed by atoms with van der Waals surface area (Å²) in [7, 11) is 4.63. The van der Waals surface area contributed by atoms with Gasteiger partial charge in [0.15, 0.2) is 0 Å². The van der Waals surface area contributed by atoms with Crippen molar-refractivity contribution >= 4 is 15.9 Å². The number of ether oxygens (including phenoxy) is 4. The van der Waals surface area contributed by atoms with Crippen LogP contribution in [0.4, 0.5) is 0 Å². The van der Waals surface area contributed by atoms with E-state index in [0.717, 1.165) is 15.8 Å². The average Bonchev–Trinajstić information content (AvgIpc) is 2.30. The molecule has 4 nitrogen and oxygen atoms in total. The Morgan fingerprint density at radius 3 is 2.25 bits per heavy atom. The minimum absolute atomic E-state index is 0.614. The van der Waals surface area contributed by atoms with Crippen LogP contribution in [0, 0.1) is 6.92 Å². The van der Waals surface area contributed by atoms with Crippen molar-refractivity contribution in [3.05, 3.63) is 22.2 Å². The van der Waals surface area contributed by atoms with Gasteiger partial charge in [-0.1, -0.05) is 15.9 Å². The summed E-state index contributed by atoms with van der Waals surface area (Å²) in [5.74, 6) is 1.36. The minimum Gasteiger partial charge on any atom is -0.496 e. The second-order valence-corrected chi connectivity index (χ2v) is 3.96. The van der Waals surface area contributed by atoms with Crippen molar-refractivity contribution in [3.8, 4) is 11.5 Å². The first-order valence-corrected chi connectivity index (χ1v) is 5.48. The van der Waals surface area contributed by atoms with Crippen LogP contribution in [0.1, 0.15) is 5.56 Å². The maximum atomic E-state index is 5.44. The topological polar surface area (TPSA) is 36.9 Å². The molecule has 0 heterocycles. The van der Waals surface area contributed by atoms with E-state index >= 15 is 0 Å². The van der Waals surface area contributed by atoms with Gasteiger partial charge in [0.05, 0.1) is 7.11 Å². The number of halogens is 1. The highest BCUT2D eigenvalue weighted by Gasteiger charge is 2.11. The molecule has 1 aromatic carbocycles. The van der Waals surface area contributed by atoms with E-state index in [-0.39, 0.29) is 0 Å². The Morgan fingerprint density at radius 2 is 1.75 bits per heavy atom. The maximum absolute atomic E-state index is 5.44. The normalized spacial score (nSPS) is 10.6. The van der Waals surface area contributed by atoms with Crippen LogP contribution in [0.25, 0.3) is 0 Å². The zero-order chi connectivity index (χ0) is 12.1. The number of methoxy groups -OCH3 is 3. The zero-order valence-corrected chi connectivity index (χ0v) is 11.3. The van der Waals surface area contributed by atoms with Crippen molar-refractivity contribution in [3.63, 3.8) is 0 Å². The first kappa shape index (κ1) is 13.3. The van der Waals surface area contributed by atoms with Gasteiger partial charge < -0.3 is 18.9 Å². The standard InChI is InChI=1S/C11H15BrO4/c1-7-9(12)5-8(6-10(7)13-2)16-11(14-3)15-4/h5-6,11H,1-4H3. The van der Waals surface area contributed by atoms with E-state index in [2.05, 4.69) is 15.9 Å². The molecule has 16 heavy (non-hydrogen) atoms. The molecular weight excluding hydrogens is 276 g/mol. The van der Waals surface area contributed by atoms with Gasteiger partial charge in [-0.25, -0.2) is 0 Å².